The molecule has 0 spiro atoms. The molecule has 8 heteroatoms. The Bertz CT molecular complexity index is 582. The number of rotatable bonds is 8. The summed E-state index contributed by atoms with van der Waals surface area (Å²) in [4.78, 5) is 12.1. The lowest BCUT2D eigenvalue weighted by Crippen LogP contribution is -2.48. The van der Waals surface area contributed by atoms with E-state index in [0.29, 0.717) is 12.8 Å². The van der Waals surface area contributed by atoms with Crippen molar-refractivity contribution in [2.24, 2.45) is 11.7 Å². The van der Waals surface area contributed by atoms with Gasteiger partial charge in [-0.3, -0.25) is 4.79 Å². The zero-order valence-electron chi connectivity index (χ0n) is 13.2. The molecule has 5 nitrogen and oxygen atoms in total. The molecule has 2 atom stereocenters. The second-order valence-electron chi connectivity index (χ2n) is 5.84. The molecule has 23 heavy (non-hydrogen) atoms. The predicted molar refractivity (Wildman–Crippen MR) is 91.6 cm³/mol. The molecule has 0 saturated carbocycles. The maximum atomic E-state index is 12.9. The largest absolute Gasteiger partial charge is 0.351 e. The number of nitrogens with one attached hydrogen (secondary N) is 1. The van der Waals surface area contributed by atoms with Gasteiger partial charge >= 0.3 is 10.2 Å². The highest BCUT2D eigenvalue weighted by Gasteiger charge is 2.24. The van der Waals surface area contributed by atoms with Gasteiger partial charge in [-0.2, -0.15) is 8.42 Å². The van der Waals surface area contributed by atoms with E-state index in [0.717, 1.165) is 5.56 Å². The van der Waals surface area contributed by atoms with Gasteiger partial charge in [-0.05, 0) is 24.3 Å². The van der Waals surface area contributed by atoms with Gasteiger partial charge in [0.05, 0.1) is 6.04 Å². The molecule has 1 aromatic rings. The second-order valence-corrected chi connectivity index (χ2v) is 7.25. The molecule has 1 aromatic carbocycles. The Hall–Kier alpha value is -1.18. The summed E-state index contributed by atoms with van der Waals surface area (Å²) in [5.74, 6) is -1.08. The van der Waals surface area contributed by atoms with Crippen LogP contribution in [0.2, 0.25) is 0 Å². The van der Waals surface area contributed by atoms with Crippen LogP contribution in [0.25, 0.3) is 0 Å². The standard InChI is InChI=1S/C15H23FN2O3S.ClH/c1-11(2)8-13(10-22(16,20)21)18-15(19)14(17)9-12-6-4-3-5-7-12;/h3-7,11,13-14H,8-10,17H2,1-2H3,(H,18,19);1H/t13-,14-;/m0./s1. The van der Waals surface area contributed by atoms with Crippen LogP contribution in [-0.4, -0.2) is 32.2 Å². The maximum Gasteiger partial charge on any atom is 0.304 e. The van der Waals surface area contributed by atoms with Crippen molar-refractivity contribution in [1.29, 1.82) is 0 Å². The van der Waals surface area contributed by atoms with E-state index in [2.05, 4.69) is 5.32 Å². The molecular formula is C15H24ClFN2O3S. The first-order valence-corrected chi connectivity index (χ1v) is 8.75. The van der Waals surface area contributed by atoms with Crippen LogP contribution in [-0.2, 0) is 21.4 Å². The normalized spacial score (nSPS) is 14.0. The molecule has 0 unspecified atom stereocenters. The molecule has 0 aliphatic carbocycles. The van der Waals surface area contributed by atoms with Crippen molar-refractivity contribution in [3.63, 3.8) is 0 Å². The zero-order chi connectivity index (χ0) is 16.8. The van der Waals surface area contributed by atoms with Gasteiger partial charge in [-0.25, -0.2) is 0 Å². The second kappa shape index (κ2) is 9.85. The third-order valence-electron chi connectivity index (χ3n) is 3.14. The van der Waals surface area contributed by atoms with Gasteiger partial charge in [0, 0.05) is 6.04 Å². The molecule has 0 fully saturated rings. The van der Waals surface area contributed by atoms with Crippen molar-refractivity contribution in [2.45, 2.75) is 38.8 Å². The van der Waals surface area contributed by atoms with Gasteiger partial charge in [0.25, 0.3) is 0 Å². The van der Waals surface area contributed by atoms with Crippen LogP contribution in [0.15, 0.2) is 30.3 Å². The van der Waals surface area contributed by atoms with Crippen LogP contribution in [0.5, 0.6) is 0 Å². The maximum absolute atomic E-state index is 12.9. The van der Waals surface area contributed by atoms with Crippen LogP contribution < -0.4 is 11.1 Å². The van der Waals surface area contributed by atoms with Crippen molar-refractivity contribution in [3.05, 3.63) is 35.9 Å². The summed E-state index contributed by atoms with van der Waals surface area (Å²) >= 11 is 0. The summed E-state index contributed by atoms with van der Waals surface area (Å²) < 4.78 is 34.5. The quantitative estimate of drug-likeness (QED) is 0.686. The van der Waals surface area contributed by atoms with E-state index in [-0.39, 0.29) is 18.3 Å². The van der Waals surface area contributed by atoms with Crippen molar-refractivity contribution in [2.75, 3.05) is 5.75 Å². The Labute approximate surface area is 143 Å². The van der Waals surface area contributed by atoms with E-state index in [1.165, 1.54) is 0 Å². The number of benzene rings is 1. The van der Waals surface area contributed by atoms with Gasteiger partial charge in [0.15, 0.2) is 0 Å². The molecule has 1 amide bonds. The first-order valence-electron chi connectivity index (χ1n) is 7.19. The molecular weight excluding hydrogens is 343 g/mol. The monoisotopic (exact) mass is 366 g/mol. The summed E-state index contributed by atoms with van der Waals surface area (Å²) in [5.41, 5.74) is 6.74. The number of halogens is 2. The van der Waals surface area contributed by atoms with Crippen molar-refractivity contribution in [1.82, 2.24) is 5.32 Å². The molecule has 0 radical (unpaired) electrons. The molecule has 0 aromatic heterocycles. The number of hydrogen-bond acceptors (Lipinski definition) is 4. The van der Waals surface area contributed by atoms with Crippen LogP contribution in [0, 0.1) is 5.92 Å². The molecule has 0 bridgehead atoms. The molecule has 1 rings (SSSR count). The minimum atomic E-state index is -4.65. The highest BCUT2D eigenvalue weighted by molar-refractivity contribution is 7.86. The Morgan fingerprint density at radius 2 is 1.83 bits per heavy atom. The van der Waals surface area contributed by atoms with Crippen LogP contribution in [0.4, 0.5) is 3.89 Å². The molecule has 3 N–H and O–H groups in total. The summed E-state index contributed by atoms with van der Waals surface area (Å²) in [7, 11) is -4.65. The van der Waals surface area contributed by atoms with Crippen molar-refractivity contribution >= 4 is 28.5 Å². The van der Waals surface area contributed by atoms with E-state index in [1.807, 2.05) is 44.2 Å². The molecule has 0 saturated heterocycles. The third-order valence-corrected chi connectivity index (χ3v) is 3.94. The van der Waals surface area contributed by atoms with Gasteiger partial charge < -0.3 is 11.1 Å². The summed E-state index contributed by atoms with van der Waals surface area (Å²) in [6.07, 6.45) is 0.705. The Kier molecular flexibility index (Phi) is 9.34. The number of amides is 1. The van der Waals surface area contributed by atoms with Crippen molar-refractivity contribution in [3.8, 4) is 0 Å². The first kappa shape index (κ1) is 21.8. The number of carbonyl (C=O) groups is 1. The lowest BCUT2D eigenvalue weighted by atomic mass is 10.0. The van der Waals surface area contributed by atoms with E-state index in [9.17, 15) is 17.1 Å². The number of nitrogens with two attached hydrogens (primary N) is 1. The topological polar surface area (TPSA) is 89.3 Å². The molecule has 0 aliphatic heterocycles. The lowest BCUT2D eigenvalue weighted by molar-refractivity contribution is -0.123. The van der Waals surface area contributed by atoms with Gasteiger partial charge in [0.2, 0.25) is 5.91 Å². The van der Waals surface area contributed by atoms with E-state index >= 15 is 0 Å². The summed E-state index contributed by atoms with van der Waals surface area (Å²) in [5, 5.41) is 2.54. The Morgan fingerprint density at radius 3 is 2.30 bits per heavy atom. The van der Waals surface area contributed by atoms with Crippen LogP contribution in [0.1, 0.15) is 25.8 Å². The lowest BCUT2D eigenvalue weighted by Gasteiger charge is -2.21. The van der Waals surface area contributed by atoms with Crippen LogP contribution >= 0.6 is 12.4 Å². The predicted octanol–water partition coefficient (Wildman–Crippen LogP) is 1.81. The third kappa shape index (κ3) is 9.53. The summed E-state index contributed by atoms with van der Waals surface area (Å²) in [6.45, 7) is 3.74. The van der Waals surface area contributed by atoms with Crippen LogP contribution in [0.3, 0.4) is 0 Å². The average molecular weight is 367 g/mol. The van der Waals surface area contributed by atoms with Gasteiger partial charge in [-0.1, -0.05) is 44.2 Å². The number of carbonyl (C=O) groups excluding carboxylic acids is 1. The fraction of sp³-hybridized carbons (Fsp3) is 0.533. The highest BCUT2D eigenvalue weighted by atomic mass is 35.5. The van der Waals surface area contributed by atoms with E-state index in [1.54, 1.807) is 0 Å². The zero-order valence-corrected chi connectivity index (χ0v) is 14.9. The minimum Gasteiger partial charge on any atom is -0.351 e. The Morgan fingerprint density at radius 1 is 1.26 bits per heavy atom. The van der Waals surface area contributed by atoms with Crippen molar-refractivity contribution < 1.29 is 17.1 Å². The first-order chi connectivity index (χ1) is 10.2. The molecule has 0 aliphatic rings. The Balaban J connectivity index is 0.00000484. The average Bonchev–Trinajstić information content (AvgIpc) is 2.36. The SMILES string of the molecule is CC(C)C[C@@H](CS(=O)(=O)F)NC(=O)[C@@H](N)Cc1ccccc1.Cl. The van der Waals surface area contributed by atoms with E-state index in [4.69, 9.17) is 5.73 Å². The fourth-order valence-corrected chi connectivity index (χ4v) is 2.95. The van der Waals surface area contributed by atoms with Gasteiger partial charge in [0.1, 0.15) is 5.75 Å². The van der Waals surface area contributed by atoms with E-state index < -0.39 is 34.0 Å². The summed E-state index contributed by atoms with van der Waals surface area (Å²) in [6, 6.07) is 7.67. The molecule has 0 heterocycles. The highest BCUT2D eigenvalue weighted by Crippen LogP contribution is 2.09. The minimum absolute atomic E-state index is 0. The number of hydrogen-bond donors (Lipinski definition) is 2. The fourth-order valence-electron chi connectivity index (χ4n) is 2.25. The smallest absolute Gasteiger partial charge is 0.304 e. The van der Waals surface area contributed by atoms with Gasteiger partial charge in [-0.15, -0.1) is 16.3 Å². The molecule has 132 valence electrons.